The van der Waals surface area contributed by atoms with E-state index in [1.807, 2.05) is 37.4 Å². The van der Waals surface area contributed by atoms with Gasteiger partial charge in [-0.05, 0) is 31.2 Å². The molecule has 0 saturated heterocycles. The zero-order valence-corrected chi connectivity index (χ0v) is 14.7. The van der Waals surface area contributed by atoms with Crippen LogP contribution in [0.15, 0.2) is 36.7 Å². The van der Waals surface area contributed by atoms with Crippen LogP contribution in [-0.4, -0.2) is 38.6 Å². The predicted octanol–water partition coefficient (Wildman–Crippen LogP) is 3.04. The van der Waals surface area contributed by atoms with Crippen molar-refractivity contribution in [1.29, 1.82) is 0 Å². The third kappa shape index (κ3) is 2.84. The Morgan fingerprint density at radius 3 is 2.89 bits per heavy atom. The summed E-state index contributed by atoms with van der Waals surface area (Å²) in [6, 6.07) is 7.97. The summed E-state index contributed by atoms with van der Waals surface area (Å²) in [6.45, 7) is 3.75. The number of aromatic amines is 2. The molecule has 5 rings (SSSR count). The molecule has 3 N–H and O–H groups in total. The van der Waals surface area contributed by atoms with Crippen LogP contribution in [0.1, 0.15) is 11.3 Å². The Balaban J connectivity index is 1.39. The monoisotopic (exact) mass is 362 g/mol. The van der Waals surface area contributed by atoms with Crippen LogP contribution in [-0.2, 0) is 6.54 Å². The third-order valence-electron chi connectivity index (χ3n) is 4.63. The van der Waals surface area contributed by atoms with E-state index >= 15 is 0 Å². The molecule has 0 unspecified atom stereocenters. The molecule has 1 aliphatic rings. The van der Waals surface area contributed by atoms with Crippen LogP contribution in [0.5, 0.6) is 11.5 Å². The van der Waals surface area contributed by atoms with Crippen molar-refractivity contribution in [3.05, 3.63) is 47.9 Å². The summed E-state index contributed by atoms with van der Waals surface area (Å²) in [5.41, 5.74) is 5.66. The number of rotatable bonds is 4. The second-order valence-corrected chi connectivity index (χ2v) is 6.43. The Kier molecular flexibility index (Phi) is 3.67. The first-order valence-electron chi connectivity index (χ1n) is 8.75. The zero-order valence-electron chi connectivity index (χ0n) is 14.7. The van der Waals surface area contributed by atoms with Gasteiger partial charge < -0.3 is 14.8 Å². The maximum Gasteiger partial charge on any atom is 0.181 e. The number of hydrogen-bond donors (Lipinski definition) is 3. The summed E-state index contributed by atoms with van der Waals surface area (Å²) in [6.07, 6.45) is 3.61. The molecule has 0 aliphatic carbocycles. The lowest BCUT2D eigenvalue weighted by Gasteiger charge is -2.18. The lowest BCUT2D eigenvalue weighted by atomic mass is 10.1. The number of aryl methyl sites for hydroxylation is 1. The molecule has 0 bridgehead atoms. The Labute approximate surface area is 154 Å². The van der Waals surface area contributed by atoms with Gasteiger partial charge in [-0.25, -0.2) is 4.98 Å². The second kappa shape index (κ2) is 6.31. The molecular formula is C19H18N6O2. The molecule has 3 aromatic heterocycles. The van der Waals surface area contributed by atoms with Gasteiger partial charge in [0.2, 0.25) is 0 Å². The molecule has 0 fully saturated rings. The van der Waals surface area contributed by atoms with Crippen molar-refractivity contribution in [2.24, 2.45) is 0 Å². The minimum absolute atomic E-state index is 0.566. The molecule has 0 amide bonds. The number of nitrogens with zero attached hydrogens (tertiary/aromatic N) is 3. The molecule has 0 saturated carbocycles. The van der Waals surface area contributed by atoms with E-state index in [0.29, 0.717) is 19.8 Å². The fourth-order valence-corrected chi connectivity index (χ4v) is 3.21. The maximum atomic E-state index is 5.68. The molecule has 136 valence electrons. The molecule has 4 aromatic rings. The van der Waals surface area contributed by atoms with E-state index in [0.717, 1.165) is 50.7 Å². The fourth-order valence-electron chi connectivity index (χ4n) is 3.21. The van der Waals surface area contributed by atoms with Gasteiger partial charge in [-0.15, -0.1) is 0 Å². The average Bonchev–Trinajstić information content (AvgIpc) is 3.33. The van der Waals surface area contributed by atoms with Crippen LogP contribution in [0.2, 0.25) is 0 Å². The molecule has 1 aromatic carbocycles. The third-order valence-corrected chi connectivity index (χ3v) is 4.63. The fraction of sp³-hybridized carbons (Fsp3) is 0.211. The summed E-state index contributed by atoms with van der Waals surface area (Å²) in [7, 11) is 0. The number of fused-ring (bicyclic) bond motifs is 2. The summed E-state index contributed by atoms with van der Waals surface area (Å²) in [5.74, 6) is 1.54. The van der Waals surface area contributed by atoms with Crippen LogP contribution in [0, 0.1) is 6.92 Å². The molecule has 8 heteroatoms. The molecular weight excluding hydrogens is 344 g/mol. The van der Waals surface area contributed by atoms with E-state index < -0.39 is 0 Å². The highest BCUT2D eigenvalue weighted by molar-refractivity contribution is 5.80. The van der Waals surface area contributed by atoms with E-state index in [4.69, 9.17) is 9.47 Å². The normalized spacial score (nSPS) is 13.1. The van der Waals surface area contributed by atoms with Crippen molar-refractivity contribution in [2.45, 2.75) is 13.5 Å². The van der Waals surface area contributed by atoms with E-state index in [2.05, 4.69) is 30.7 Å². The molecule has 4 heterocycles. The molecule has 0 spiro atoms. The van der Waals surface area contributed by atoms with Crippen LogP contribution in [0.4, 0.5) is 5.69 Å². The average molecular weight is 362 g/mol. The Morgan fingerprint density at radius 2 is 1.96 bits per heavy atom. The number of aromatic nitrogens is 5. The van der Waals surface area contributed by atoms with Gasteiger partial charge in [0.05, 0.1) is 23.8 Å². The molecule has 0 atom stereocenters. The van der Waals surface area contributed by atoms with Gasteiger partial charge in [-0.2, -0.15) is 10.2 Å². The highest BCUT2D eigenvalue weighted by Crippen LogP contribution is 2.35. The van der Waals surface area contributed by atoms with Gasteiger partial charge in [0, 0.05) is 28.8 Å². The van der Waals surface area contributed by atoms with E-state index in [1.165, 1.54) is 0 Å². The number of pyridine rings is 1. The highest BCUT2D eigenvalue weighted by Gasteiger charge is 2.15. The molecule has 27 heavy (non-hydrogen) atoms. The number of hydrogen-bond acceptors (Lipinski definition) is 6. The van der Waals surface area contributed by atoms with Crippen LogP contribution < -0.4 is 14.8 Å². The standard InChI is InChI=1S/C19H18N6O2/c1-11-15-7-14(10-21-19(15)25-23-11)20-8-13-9-22-24-18(13)12-2-3-16-17(6-12)27-5-4-26-16/h2-3,6-7,9-10,20H,4-5,8H2,1H3,(H,22,24)(H,21,23,25). The first-order valence-corrected chi connectivity index (χ1v) is 8.75. The highest BCUT2D eigenvalue weighted by atomic mass is 16.6. The van der Waals surface area contributed by atoms with Gasteiger partial charge in [0.15, 0.2) is 17.1 Å². The smallest absolute Gasteiger partial charge is 0.181 e. The number of ether oxygens (including phenoxy) is 2. The van der Waals surface area contributed by atoms with E-state index in [-0.39, 0.29) is 0 Å². The first kappa shape index (κ1) is 15.7. The summed E-state index contributed by atoms with van der Waals surface area (Å²) in [4.78, 5) is 4.37. The maximum absolute atomic E-state index is 5.68. The van der Waals surface area contributed by atoms with Crippen molar-refractivity contribution < 1.29 is 9.47 Å². The second-order valence-electron chi connectivity index (χ2n) is 6.43. The summed E-state index contributed by atoms with van der Waals surface area (Å²) < 4.78 is 11.3. The van der Waals surface area contributed by atoms with Crippen molar-refractivity contribution >= 4 is 16.7 Å². The van der Waals surface area contributed by atoms with Crippen molar-refractivity contribution in [3.63, 3.8) is 0 Å². The summed E-state index contributed by atoms with van der Waals surface area (Å²) >= 11 is 0. The van der Waals surface area contributed by atoms with Gasteiger partial charge in [-0.3, -0.25) is 10.2 Å². The van der Waals surface area contributed by atoms with Crippen LogP contribution in [0.3, 0.4) is 0 Å². The minimum atomic E-state index is 0.566. The lowest BCUT2D eigenvalue weighted by molar-refractivity contribution is 0.171. The molecule has 0 radical (unpaired) electrons. The van der Waals surface area contributed by atoms with Crippen molar-refractivity contribution in [3.8, 4) is 22.8 Å². The number of anilines is 1. The Bertz CT molecular complexity index is 1120. The van der Waals surface area contributed by atoms with Gasteiger partial charge in [0.1, 0.15) is 13.2 Å². The number of nitrogens with one attached hydrogen (secondary N) is 3. The molecule has 1 aliphatic heterocycles. The van der Waals surface area contributed by atoms with E-state index in [1.54, 1.807) is 6.20 Å². The van der Waals surface area contributed by atoms with Gasteiger partial charge >= 0.3 is 0 Å². The topological polar surface area (TPSA) is 101 Å². The van der Waals surface area contributed by atoms with E-state index in [9.17, 15) is 0 Å². The largest absolute Gasteiger partial charge is 0.486 e. The molecule has 8 nitrogen and oxygen atoms in total. The quantitative estimate of drug-likeness (QED) is 0.516. The zero-order chi connectivity index (χ0) is 18.2. The van der Waals surface area contributed by atoms with Crippen molar-refractivity contribution in [2.75, 3.05) is 18.5 Å². The van der Waals surface area contributed by atoms with Gasteiger partial charge in [-0.1, -0.05) is 0 Å². The summed E-state index contributed by atoms with van der Waals surface area (Å²) in [5, 5.41) is 18.8. The van der Waals surface area contributed by atoms with Crippen LogP contribution in [0.25, 0.3) is 22.3 Å². The van der Waals surface area contributed by atoms with Crippen LogP contribution >= 0.6 is 0 Å². The SMILES string of the molecule is Cc1[nH]nc2ncc(NCc3cn[nH]c3-c3ccc4c(c3)OCCO4)cc12. The Morgan fingerprint density at radius 1 is 1.07 bits per heavy atom. The first-order chi connectivity index (χ1) is 13.3. The Hall–Kier alpha value is -3.55. The lowest BCUT2D eigenvalue weighted by Crippen LogP contribution is -2.15. The minimum Gasteiger partial charge on any atom is -0.486 e. The predicted molar refractivity (Wildman–Crippen MR) is 101 cm³/mol. The number of benzene rings is 1. The van der Waals surface area contributed by atoms with Crippen molar-refractivity contribution in [1.82, 2.24) is 25.4 Å². The number of H-pyrrole nitrogens is 2. The van der Waals surface area contributed by atoms with Gasteiger partial charge in [0.25, 0.3) is 0 Å².